The monoisotopic (exact) mass is 485 g/mol. The van der Waals surface area contributed by atoms with Gasteiger partial charge in [-0.25, -0.2) is 4.79 Å². The zero-order valence-electron chi connectivity index (χ0n) is 19.0. The maximum absolute atomic E-state index is 12.7. The SMILES string of the molecule is CCC(=O)Nc1ccc(C(=O)N2CCC(C(=O)NC3CCCC3)CC2)cc1.O=C(O)C(F)(F)F. The lowest BCUT2D eigenvalue weighted by molar-refractivity contribution is -0.192. The number of amides is 3. The maximum atomic E-state index is 12.7. The van der Waals surface area contributed by atoms with E-state index >= 15 is 0 Å². The Bertz CT molecular complexity index is 860. The molecule has 1 heterocycles. The predicted molar refractivity (Wildman–Crippen MR) is 118 cm³/mol. The van der Waals surface area contributed by atoms with Crippen molar-refractivity contribution in [1.29, 1.82) is 0 Å². The molecule has 1 saturated heterocycles. The number of hydrogen-bond donors (Lipinski definition) is 3. The van der Waals surface area contributed by atoms with Gasteiger partial charge in [-0.15, -0.1) is 0 Å². The van der Waals surface area contributed by atoms with Crippen molar-refractivity contribution in [2.24, 2.45) is 5.92 Å². The molecule has 1 aliphatic heterocycles. The van der Waals surface area contributed by atoms with Crippen LogP contribution in [0, 0.1) is 5.92 Å². The van der Waals surface area contributed by atoms with Crippen molar-refractivity contribution in [2.75, 3.05) is 18.4 Å². The smallest absolute Gasteiger partial charge is 0.475 e. The van der Waals surface area contributed by atoms with Gasteiger partial charge in [0.25, 0.3) is 5.91 Å². The second-order valence-corrected chi connectivity index (χ2v) is 8.34. The van der Waals surface area contributed by atoms with Crippen molar-refractivity contribution in [3.63, 3.8) is 0 Å². The molecule has 34 heavy (non-hydrogen) atoms. The third-order valence-corrected chi connectivity index (χ3v) is 5.83. The summed E-state index contributed by atoms with van der Waals surface area (Å²) in [7, 11) is 0. The van der Waals surface area contributed by atoms with E-state index in [1.54, 1.807) is 31.2 Å². The molecule has 8 nitrogen and oxygen atoms in total. The van der Waals surface area contributed by atoms with Gasteiger partial charge < -0.3 is 20.6 Å². The molecule has 1 aromatic rings. The number of hydrogen-bond acceptors (Lipinski definition) is 4. The number of benzene rings is 1. The van der Waals surface area contributed by atoms with Crippen LogP contribution in [0.5, 0.6) is 0 Å². The highest BCUT2D eigenvalue weighted by molar-refractivity contribution is 5.96. The Morgan fingerprint density at radius 3 is 2.00 bits per heavy atom. The minimum atomic E-state index is -5.08. The molecular weight excluding hydrogens is 455 g/mol. The number of piperidine rings is 1. The summed E-state index contributed by atoms with van der Waals surface area (Å²) in [6.07, 6.45) is 1.38. The van der Waals surface area contributed by atoms with Gasteiger partial charge in [0.15, 0.2) is 0 Å². The van der Waals surface area contributed by atoms with E-state index in [0.717, 1.165) is 25.7 Å². The number of carbonyl (C=O) groups excluding carboxylic acids is 3. The molecule has 0 atom stereocenters. The molecule has 3 N–H and O–H groups in total. The summed E-state index contributed by atoms with van der Waals surface area (Å²) < 4.78 is 31.7. The second-order valence-electron chi connectivity index (χ2n) is 8.34. The number of alkyl halides is 3. The molecule has 3 rings (SSSR count). The summed E-state index contributed by atoms with van der Waals surface area (Å²) in [5, 5.41) is 13.1. The van der Waals surface area contributed by atoms with Gasteiger partial charge in [0, 0.05) is 42.7 Å². The molecule has 1 aromatic carbocycles. The number of likely N-dealkylation sites (tertiary alicyclic amines) is 1. The van der Waals surface area contributed by atoms with E-state index in [0.29, 0.717) is 36.8 Å². The number of carboxylic acid groups (broad SMARTS) is 1. The topological polar surface area (TPSA) is 116 Å². The zero-order chi connectivity index (χ0) is 25.3. The van der Waals surface area contributed by atoms with Crippen LogP contribution in [0.25, 0.3) is 0 Å². The lowest BCUT2D eigenvalue weighted by atomic mass is 9.95. The lowest BCUT2D eigenvalue weighted by Gasteiger charge is -2.32. The molecule has 1 aliphatic carbocycles. The molecule has 11 heteroatoms. The average Bonchev–Trinajstić information content (AvgIpc) is 3.32. The molecule has 2 fully saturated rings. The first-order chi connectivity index (χ1) is 16.0. The number of anilines is 1. The van der Waals surface area contributed by atoms with Crippen LogP contribution >= 0.6 is 0 Å². The van der Waals surface area contributed by atoms with Gasteiger partial charge in [-0.1, -0.05) is 19.8 Å². The van der Waals surface area contributed by atoms with E-state index in [-0.39, 0.29) is 23.6 Å². The number of carbonyl (C=O) groups is 4. The second kappa shape index (κ2) is 12.4. The van der Waals surface area contributed by atoms with Crippen LogP contribution in [-0.2, 0) is 14.4 Å². The van der Waals surface area contributed by atoms with Crippen LogP contribution in [0.15, 0.2) is 24.3 Å². The first kappa shape index (κ1) is 27.1. The van der Waals surface area contributed by atoms with Crippen LogP contribution < -0.4 is 10.6 Å². The van der Waals surface area contributed by atoms with Gasteiger partial charge in [-0.3, -0.25) is 14.4 Å². The highest BCUT2D eigenvalue weighted by Gasteiger charge is 2.38. The summed E-state index contributed by atoms with van der Waals surface area (Å²) in [5.41, 5.74) is 1.30. The largest absolute Gasteiger partial charge is 0.490 e. The Hall–Kier alpha value is -3.11. The number of nitrogens with zero attached hydrogens (tertiary/aromatic N) is 1. The van der Waals surface area contributed by atoms with E-state index in [9.17, 15) is 27.6 Å². The summed E-state index contributed by atoms with van der Waals surface area (Å²) in [6.45, 7) is 3.01. The third-order valence-electron chi connectivity index (χ3n) is 5.83. The standard InChI is InChI=1S/C21H29N3O3.C2HF3O2/c1-2-19(25)22-18-9-7-16(8-10-18)21(27)24-13-11-15(12-14-24)20(26)23-17-5-3-4-6-17;3-2(4,5)1(6)7/h7-10,15,17H,2-6,11-14H2,1H3,(H,22,25)(H,23,26);(H,6,7). The Morgan fingerprint density at radius 1 is 1.00 bits per heavy atom. The van der Waals surface area contributed by atoms with Crippen LogP contribution in [0.1, 0.15) is 62.2 Å². The summed E-state index contributed by atoms with van der Waals surface area (Å²) in [6, 6.07) is 7.34. The van der Waals surface area contributed by atoms with E-state index in [1.165, 1.54) is 12.8 Å². The summed E-state index contributed by atoms with van der Waals surface area (Å²) in [4.78, 5) is 47.2. The van der Waals surface area contributed by atoms with E-state index < -0.39 is 12.1 Å². The fourth-order valence-corrected chi connectivity index (χ4v) is 3.86. The number of carboxylic acids is 1. The number of nitrogens with one attached hydrogen (secondary N) is 2. The van der Waals surface area contributed by atoms with Crippen molar-refractivity contribution in [3.05, 3.63) is 29.8 Å². The van der Waals surface area contributed by atoms with Crippen molar-refractivity contribution >= 4 is 29.4 Å². The van der Waals surface area contributed by atoms with Crippen molar-refractivity contribution in [2.45, 2.75) is 64.1 Å². The maximum Gasteiger partial charge on any atom is 0.490 e. The fourth-order valence-electron chi connectivity index (χ4n) is 3.86. The molecule has 0 radical (unpaired) electrons. The first-order valence-corrected chi connectivity index (χ1v) is 11.3. The predicted octanol–water partition coefficient (Wildman–Crippen LogP) is 3.58. The number of halogens is 3. The van der Waals surface area contributed by atoms with Crippen LogP contribution in [0.4, 0.5) is 18.9 Å². The van der Waals surface area contributed by atoms with Gasteiger partial charge in [0.1, 0.15) is 0 Å². The van der Waals surface area contributed by atoms with Crippen molar-refractivity contribution < 1.29 is 37.5 Å². The summed E-state index contributed by atoms with van der Waals surface area (Å²) in [5.74, 6) is -2.65. The van der Waals surface area contributed by atoms with Crippen molar-refractivity contribution in [1.82, 2.24) is 10.2 Å². The Morgan fingerprint density at radius 2 is 1.53 bits per heavy atom. The van der Waals surface area contributed by atoms with Gasteiger partial charge in [0.05, 0.1) is 0 Å². The Kier molecular flexibility index (Phi) is 9.88. The van der Waals surface area contributed by atoms with Gasteiger partial charge in [-0.05, 0) is 49.9 Å². The third kappa shape index (κ3) is 8.35. The molecule has 188 valence electrons. The van der Waals surface area contributed by atoms with E-state index in [1.807, 2.05) is 4.90 Å². The van der Waals surface area contributed by atoms with E-state index in [4.69, 9.17) is 9.90 Å². The molecule has 0 spiro atoms. The van der Waals surface area contributed by atoms with Crippen LogP contribution in [0.2, 0.25) is 0 Å². The molecule has 0 aromatic heterocycles. The molecule has 1 saturated carbocycles. The molecule has 0 bridgehead atoms. The van der Waals surface area contributed by atoms with Crippen molar-refractivity contribution in [3.8, 4) is 0 Å². The summed E-state index contributed by atoms with van der Waals surface area (Å²) >= 11 is 0. The van der Waals surface area contributed by atoms with E-state index in [2.05, 4.69) is 10.6 Å². The van der Waals surface area contributed by atoms with Gasteiger partial charge in [-0.2, -0.15) is 13.2 Å². The first-order valence-electron chi connectivity index (χ1n) is 11.3. The molecule has 2 aliphatic rings. The highest BCUT2D eigenvalue weighted by atomic mass is 19.4. The lowest BCUT2D eigenvalue weighted by Crippen LogP contribution is -2.44. The highest BCUT2D eigenvalue weighted by Crippen LogP contribution is 2.23. The number of aliphatic carboxylic acids is 1. The normalized spacial score (nSPS) is 16.9. The zero-order valence-corrected chi connectivity index (χ0v) is 19.0. The quantitative estimate of drug-likeness (QED) is 0.590. The van der Waals surface area contributed by atoms with Crippen LogP contribution in [0.3, 0.4) is 0 Å². The fraction of sp³-hybridized carbons (Fsp3) is 0.565. The Balaban J connectivity index is 0.000000509. The number of rotatable bonds is 5. The average molecular weight is 486 g/mol. The molecule has 0 unspecified atom stereocenters. The molecular formula is C23H30F3N3O5. The van der Waals surface area contributed by atoms with Gasteiger partial charge >= 0.3 is 12.1 Å². The Labute approximate surface area is 195 Å². The molecule has 3 amide bonds. The minimum Gasteiger partial charge on any atom is -0.475 e. The minimum absolute atomic E-state index is 0.0151. The van der Waals surface area contributed by atoms with Gasteiger partial charge in [0.2, 0.25) is 11.8 Å². The van der Waals surface area contributed by atoms with Crippen LogP contribution in [-0.4, -0.2) is 59.0 Å².